The van der Waals surface area contributed by atoms with E-state index in [2.05, 4.69) is 4.74 Å². The van der Waals surface area contributed by atoms with Crippen LogP contribution in [-0.4, -0.2) is 13.1 Å². The van der Waals surface area contributed by atoms with Crippen LogP contribution in [0.1, 0.15) is 15.9 Å². The molecule has 31 heavy (non-hydrogen) atoms. The van der Waals surface area contributed by atoms with Gasteiger partial charge in [-0.3, -0.25) is 4.79 Å². The van der Waals surface area contributed by atoms with Crippen LogP contribution in [0.2, 0.25) is 5.02 Å². The van der Waals surface area contributed by atoms with E-state index in [9.17, 15) is 9.59 Å². The van der Waals surface area contributed by atoms with Gasteiger partial charge >= 0.3 is 5.97 Å². The summed E-state index contributed by atoms with van der Waals surface area (Å²) in [6, 6.07) is 18.6. The monoisotopic (exact) mass is 436 g/mol. The summed E-state index contributed by atoms with van der Waals surface area (Å²) >= 11 is 6.15. The molecule has 1 aromatic heterocycles. The van der Waals surface area contributed by atoms with Gasteiger partial charge in [0.05, 0.1) is 18.1 Å². The highest BCUT2D eigenvalue weighted by Gasteiger charge is 2.12. The number of ether oxygens (including phenoxy) is 3. The first kappa shape index (κ1) is 20.5. The topological polar surface area (TPSA) is 75.0 Å². The summed E-state index contributed by atoms with van der Waals surface area (Å²) in [6.07, 6.45) is 1.25. The van der Waals surface area contributed by atoms with Gasteiger partial charge in [0.25, 0.3) is 0 Å². The van der Waals surface area contributed by atoms with Crippen LogP contribution in [0.25, 0.3) is 11.0 Å². The Morgan fingerprint density at radius 1 is 1.00 bits per heavy atom. The largest absolute Gasteiger partial charge is 0.489 e. The maximum Gasteiger partial charge on any atom is 0.337 e. The fourth-order valence-electron chi connectivity index (χ4n) is 2.93. The van der Waals surface area contributed by atoms with Crippen molar-refractivity contribution in [1.29, 1.82) is 0 Å². The van der Waals surface area contributed by atoms with Gasteiger partial charge in [-0.1, -0.05) is 29.8 Å². The van der Waals surface area contributed by atoms with Crippen LogP contribution in [0.3, 0.4) is 0 Å². The Kier molecular flexibility index (Phi) is 5.91. The fourth-order valence-corrected chi connectivity index (χ4v) is 3.12. The van der Waals surface area contributed by atoms with Gasteiger partial charge in [0.15, 0.2) is 0 Å². The predicted molar refractivity (Wildman–Crippen MR) is 116 cm³/mol. The van der Waals surface area contributed by atoms with Gasteiger partial charge in [0.1, 0.15) is 30.0 Å². The summed E-state index contributed by atoms with van der Waals surface area (Å²) in [5, 5.41) is 0.977. The van der Waals surface area contributed by atoms with Crippen LogP contribution in [0.5, 0.6) is 17.2 Å². The number of fused-ring (bicyclic) bond motifs is 1. The Bertz CT molecular complexity index is 1290. The Hall–Kier alpha value is -3.77. The number of hydrogen-bond donors (Lipinski definition) is 0. The summed E-state index contributed by atoms with van der Waals surface area (Å²) in [5.41, 5.74) is 1.28. The maximum absolute atomic E-state index is 12.8. The van der Waals surface area contributed by atoms with E-state index < -0.39 is 5.97 Å². The van der Waals surface area contributed by atoms with Crippen molar-refractivity contribution in [3.05, 3.63) is 99.4 Å². The number of hydrogen-bond acceptors (Lipinski definition) is 6. The van der Waals surface area contributed by atoms with Gasteiger partial charge < -0.3 is 18.6 Å². The van der Waals surface area contributed by atoms with Crippen molar-refractivity contribution < 1.29 is 23.4 Å². The molecule has 156 valence electrons. The SMILES string of the molecule is COC(=O)c1ccc(Oc2coc3cc(OCc4ccccc4Cl)ccc3c2=O)cc1. The van der Waals surface area contributed by atoms with E-state index in [1.54, 1.807) is 48.5 Å². The van der Waals surface area contributed by atoms with Crippen LogP contribution in [0, 0.1) is 0 Å². The number of esters is 1. The number of carbonyl (C=O) groups is 1. The standard InChI is InChI=1S/C24H17ClO6/c1-28-24(27)15-6-8-17(9-7-15)31-22-14-30-21-12-18(10-11-19(21)23(22)26)29-13-16-4-2-3-5-20(16)25/h2-12,14H,13H2,1H3. The zero-order chi connectivity index (χ0) is 21.8. The molecule has 0 fully saturated rings. The van der Waals surface area contributed by atoms with Gasteiger partial charge in [-0.2, -0.15) is 0 Å². The second kappa shape index (κ2) is 8.93. The van der Waals surface area contributed by atoms with Crippen molar-refractivity contribution in [2.75, 3.05) is 7.11 Å². The van der Waals surface area contributed by atoms with Crippen molar-refractivity contribution in [3.8, 4) is 17.2 Å². The first-order valence-electron chi connectivity index (χ1n) is 9.33. The third-order valence-corrected chi connectivity index (χ3v) is 4.94. The number of methoxy groups -OCH3 is 1. The molecule has 0 N–H and O–H groups in total. The quantitative estimate of drug-likeness (QED) is 0.366. The summed E-state index contributed by atoms with van der Waals surface area (Å²) in [7, 11) is 1.31. The minimum atomic E-state index is -0.454. The first-order valence-corrected chi connectivity index (χ1v) is 9.71. The minimum Gasteiger partial charge on any atom is -0.489 e. The van der Waals surface area contributed by atoms with Gasteiger partial charge in [0, 0.05) is 16.7 Å². The Labute approximate surface area is 182 Å². The van der Waals surface area contributed by atoms with Crippen molar-refractivity contribution in [1.82, 2.24) is 0 Å². The van der Waals surface area contributed by atoms with Crippen LogP contribution in [0.4, 0.5) is 0 Å². The smallest absolute Gasteiger partial charge is 0.337 e. The molecule has 4 rings (SSSR count). The molecule has 7 heteroatoms. The molecule has 0 saturated heterocycles. The second-order valence-corrected chi connectivity index (χ2v) is 6.99. The molecule has 6 nitrogen and oxygen atoms in total. The molecule has 3 aromatic carbocycles. The van der Waals surface area contributed by atoms with Crippen LogP contribution in [-0.2, 0) is 11.3 Å². The lowest BCUT2D eigenvalue weighted by Crippen LogP contribution is -2.05. The molecule has 0 aliphatic carbocycles. The Morgan fingerprint density at radius 3 is 2.48 bits per heavy atom. The van der Waals surface area contributed by atoms with E-state index in [-0.39, 0.29) is 17.8 Å². The molecule has 0 aliphatic heterocycles. The first-order chi connectivity index (χ1) is 15.0. The second-order valence-electron chi connectivity index (χ2n) is 6.59. The molecule has 0 saturated carbocycles. The molecule has 0 bridgehead atoms. The van der Waals surface area contributed by atoms with E-state index in [1.807, 2.05) is 18.2 Å². The van der Waals surface area contributed by atoms with Gasteiger partial charge in [-0.05, 0) is 42.5 Å². The highest BCUT2D eigenvalue weighted by Crippen LogP contribution is 2.25. The average Bonchev–Trinajstić information content (AvgIpc) is 2.80. The van der Waals surface area contributed by atoms with Crippen molar-refractivity contribution >= 4 is 28.5 Å². The molecular formula is C24H17ClO6. The molecule has 0 radical (unpaired) electrons. The van der Waals surface area contributed by atoms with Crippen LogP contribution < -0.4 is 14.9 Å². The zero-order valence-electron chi connectivity index (χ0n) is 16.5. The lowest BCUT2D eigenvalue weighted by atomic mass is 10.2. The van der Waals surface area contributed by atoms with Crippen molar-refractivity contribution in [2.45, 2.75) is 6.61 Å². The maximum atomic E-state index is 12.8. The molecule has 0 aliphatic rings. The van der Waals surface area contributed by atoms with Gasteiger partial charge in [-0.25, -0.2) is 4.79 Å². The number of rotatable bonds is 6. The molecule has 0 amide bonds. The lowest BCUT2D eigenvalue weighted by molar-refractivity contribution is 0.0600. The Balaban J connectivity index is 1.52. The third-order valence-electron chi connectivity index (χ3n) is 4.57. The van der Waals surface area contributed by atoms with E-state index >= 15 is 0 Å². The molecular weight excluding hydrogens is 420 g/mol. The van der Waals surface area contributed by atoms with E-state index in [0.717, 1.165) is 5.56 Å². The molecule has 0 spiro atoms. The molecule has 0 unspecified atom stereocenters. The summed E-state index contributed by atoms with van der Waals surface area (Å²) in [6.45, 7) is 0.290. The van der Waals surface area contributed by atoms with Gasteiger partial charge in [-0.15, -0.1) is 0 Å². The summed E-state index contributed by atoms with van der Waals surface area (Å²) < 4.78 is 21.6. The molecule has 4 aromatic rings. The van der Waals surface area contributed by atoms with E-state index in [0.29, 0.717) is 33.1 Å². The van der Waals surface area contributed by atoms with Crippen molar-refractivity contribution in [2.24, 2.45) is 0 Å². The Morgan fingerprint density at radius 2 is 1.74 bits per heavy atom. The number of carbonyl (C=O) groups excluding carboxylic acids is 1. The normalized spacial score (nSPS) is 10.6. The highest BCUT2D eigenvalue weighted by atomic mass is 35.5. The predicted octanol–water partition coefficient (Wildman–Crippen LogP) is 5.60. The van der Waals surface area contributed by atoms with Gasteiger partial charge in [0.2, 0.25) is 11.2 Å². The van der Waals surface area contributed by atoms with Crippen molar-refractivity contribution in [3.63, 3.8) is 0 Å². The van der Waals surface area contributed by atoms with E-state index in [1.165, 1.54) is 13.4 Å². The average molecular weight is 437 g/mol. The molecule has 0 atom stereocenters. The van der Waals surface area contributed by atoms with Crippen LogP contribution in [0.15, 0.2) is 82.2 Å². The highest BCUT2D eigenvalue weighted by molar-refractivity contribution is 6.31. The fraction of sp³-hybridized carbons (Fsp3) is 0.0833. The lowest BCUT2D eigenvalue weighted by Gasteiger charge is -2.09. The zero-order valence-corrected chi connectivity index (χ0v) is 17.2. The summed E-state index contributed by atoms with van der Waals surface area (Å²) in [4.78, 5) is 24.3. The van der Waals surface area contributed by atoms with Crippen LogP contribution >= 0.6 is 11.6 Å². The molecule has 1 heterocycles. The number of halogens is 1. The summed E-state index contributed by atoms with van der Waals surface area (Å²) in [5.74, 6) is 0.508. The third kappa shape index (κ3) is 4.54. The minimum absolute atomic E-state index is 0.0306. The number of benzene rings is 3. The van der Waals surface area contributed by atoms with E-state index in [4.69, 9.17) is 25.5 Å².